The first kappa shape index (κ1) is 16.7. The molecule has 0 bridgehead atoms. The average molecular weight is 362 g/mol. The Kier molecular flexibility index (Phi) is 4.58. The van der Waals surface area contributed by atoms with Gasteiger partial charge in [-0.1, -0.05) is 5.16 Å². The second-order valence-electron chi connectivity index (χ2n) is 6.88. The molecule has 2 aromatic heterocycles. The third-order valence-electron chi connectivity index (χ3n) is 4.95. The van der Waals surface area contributed by atoms with E-state index < -0.39 is 0 Å². The molecule has 0 aliphatic carbocycles. The average Bonchev–Trinajstić information content (AvgIpc) is 3.32. The number of aromatic nitrogens is 2. The van der Waals surface area contributed by atoms with E-state index >= 15 is 0 Å². The molecular formula is C17H22N4O3S. The monoisotopic (exact) mass is 362 g/mol. The van der Waals surface area contributed by atoms with Crippen molar-refractivity contribution in [2.45, 2.75) is 26.5 Å². The number of rotatable bonds is 5. The highest BCUT2D eigenvalue weighted by atomic mass is 32.1. The van der Waals surface area contributed by atoms with Gasteiger partial charge in [-0.15, -0.1) is 11.3 Å². The van der Waals surface area contributed by atoms with Crippen LogP contribution in [0.15, 0.2) is 16.0 Å². The minimum Gasteiger partial charge on any atom is -0.376 e. The molecule has 0 saturated carbocycles. The molecule has 2 aromatic rings. The lowest BCUT2D eigenvalue weighted by Crippen LogP contribution is -2.34. The lowest BCUT2D eigenvalue weighted by atomic mass is 9.93. The third-order valence-corrected chi connectivity index (χ3v) is 5.73. The first-order valence-electron chi connectivity index (χ1n) is 8.55. The van der Waals surface area contributed by atoms with Crippen molar-refractivity contribution in [3.05, 3.63) is 33.6 Å². The molecule has 134 valence electrons. The van der Waals surface area contributed by atoms with E-state index in [1.165, 1.54) is 11.3 Å². The molecule has 7 nitrogen and oxygen atoms in total. The number of carbonyl (C=O) groups excluding carboxylic acids is 1. The zero-order chi connectivity index (χ0) is 17.4. The summed E-state index contributed by atoms with van der Waals surface area (Å²) in [4.78, 5) is 18.8. The van der Waals surface area contributed by atoms with E-state index in [0.717, 1.165) is 36.1 Å². The Morgan fingerprint density at radius 3 is 3.04 bits per heavy atom. The van der Waals surface area contributed by atoms with Crippen molar-refractivity contribution < 1.29 is 14.1 Å². The molecule has 0 aromatic carbocycles. The van der Waals surface area contributed by atoms with E-state index in [2.05, 4.69) is 20.4 Å². The van der Waals surface area contributed by atoms with Crippen molar-refractivity contribution in [1.29, 1.82) is 0 Å². The molecular weight excluding hydrogens is 340 g/mol. The van der Waals surface area contributed by atoms with Gasteiger partial charge in [0, 0.05) is 49.5 Å². The van der Waals surface area contributed by atoms with Gasteiger partial charge in [0.1, 0.15) is 11.5 Å². The van der Waals surface area contributed by atoms with Crippen molar-refractivity contribution in [2.24, 2.45) is 11.8 Å². The Balaban J connectivity index is 1.30. The molecule has 4 heterocycles. The fourth-order valence-corrected chi connectivity index (χ4v) is 4.32. The molecule has 25 heavy (non-hydrogen) atoms. The summed E-state index contributed by atoms with van der Waals surface area (Å²) in [6.45, 7) is 7.81. The summed E-state index contributed by atoms with van der Waals surface area (Å²) in [5, 5.41) is 9.79. The smallest absolute Gasteiger partial charge is 0.270 e. The van der Waals surface area contributed by atoms with Crippen molar-refractivity contribution in [3.8, 4) is 0 Å². The molecule has 1 amide bonds. The number of nitrogens with zero attached hydrogens (tertiary/aromatic N) is 3. The molecule has 4 rings (SSSR count). The largest absolute Gasteiger partial charge is 0.376 e. The lowest BCUT2D eigenvalue weighted by molar-refractivity contribution is 0.0899. The normalized spacial score (nSPS) is 26.1. The van der Waals surface area contributed by atoms with Gasteiger partial charge in [0.05, 0.1) is 23.4 Å². The number of amides is 1. The molecule has 0 spiro atoms. The molecule has 2 aliphatic rings. The van der Waals surface area contributed by atoms with E-state index in [9.17, 15) is 4.79 Å². The highest BCUT2D eigenvalue weighted by molar-refractivity contribution is 7.09. The summed E-state index contributed by atoms with van der Waals surface area (Å²) in [5.74, 6) is 1.53. The standard InChI is InChI=1S/C17H22N4O3S/c1-10-3-13(20-24-10)5-21-6-14-12(8-23-16(14)7-21)4-18-17(22)15-9-25-11(2)19-15/h3,9,12,14,16H,4-8H2,1-2H3,(H,18,22)/t12-,14-,16-/m0/s1. The fraction of sp³-hybridized carbons (Fsp3) is 0.588. The maximum absolute atomic E-state index is 12.2. The van der Waals surface area contributed by atoms with Crippen LogP contribution in [0.3, 0.4) is 0 Å². The minimum atomic E-state index is -0.0966. The maximum Gasteiger partial charge on any atom is 0.270 e. The van der Waals surface area contributed by atoms with Crippen LogP contribution < -0.4 is 5.32 Å². The van der Waals surface area contributed by atoms with E-state index in [1.54, 1.807) is 5.38 Å². The number of fused-ring (bicyclic) bond motifs is 1. The Bertz CT molecular complexity index is 759. The number of aryl methyl sites for hydroxylation is 2. The predicted octanol–water partition coefficient (Wildman–Crippen LogP) is 1.62. The number of hydrogen-bond donors (Lipinski definition) is 1. The number of ether oxygens (including phenoxy) is 1. The van der Waals surface area contributed by atoms with Crippen molar-refractivity contribution in [1.82, 2.24) is 20.4 Å². The van der Waals surface area contributed by atoms with E-state index in [-0.39, 0.29) is 12.0 Å². The minimum absolute atomic E-state index is 0.0966. The van der Waals surface area contributed by atoms with E-state index in [4.69, 9.17) is 9.26 Å². The summed E-state index contributed by atoms with van der Waals surface area (Å²) < 4.78 is 11.1. The number of nitrogens with one attached hydrogen (secondary N) is 1. The summed E-state index contributed by atoms with van der Waals surface area (Å²) >= 11 is 1.49. The molecule has 2 fully saturated rings. The van der Waals surface area contributed by atoms with Gasteiger partial charge in [0.2, 0.25) is 0 Å². The van der Waals surface area contributed by atoms with Crippen LogP contribution in [0.25, 0.3) is 0 Å². The second-order valence-corrected chi connectivity index (χ2v) is 7.94. The number of likely N-dealkylation sites (tertiary alicyclic amines) is 1. The van der Waals surface area contributed by atoms with Crippen LogP contribution in [0.4, 0.5) is 0 Å². The van der Waals surface area contributed by atoms with Gasteiger partial charge >= 0.3 is 0 Å². The van der Waals surface area contributed by atoms with Gasteiger partial charge in [-0.2, -0.15) is 0 Å². The van der Waals surface area contributed by atoms with Crippen LogP contribution >= 0.6 is 11.3 Å². The Morgan fingerprint density at radius 2 is 2.32 bits per heavy atom. The topological polar surface area (TPSA) is 80.5 Å². The van der Waals surface area contributed by atoms with Gasteiger partial charge < -0.3 is 14.6 Å². The zero-order valence-electron chi connectivity index (χ0n) is 14.4. The van der Waals surface area contributed by atoms with Crippen LogP contribution in [-0.2, 0) is 11.3 Å². The van der Waals surface area contributed by atoms with E-state index in [0.29, 0.717) is 30.7 Å². The summed E-state index contributed by atoms with van der Waals surface area (Å²) in [7, 11) is 0. The fourth-order valence-electron chi connectivity index (χ4n) is 3.72. The van der Waals surface area contributed by atoms with Crippen molar-refractivity contribution in [3.63, 3.8) is 0 Å². The number of hydrogen-bond acceptors (Lipinski definition) is 7. The lowest BCUT2D eigenvalue weighted by Gasteiger charge is -2.19. The van der Waals surface area contributed by atoms with Crippen LogP contribution in [0.5, 0.6) is 0 Å². The van der Waals surface area contributed by atoms with E-state index in [1.807, 2.05) is 19.9 Å². The summed E-state index contributed by atoms with van der Waals surface area (Å²) in [5.41, 5.74) is 1.47. The van der Waals surface area contributed by atoms with Gasteiger partial charge in [-0.25, -0.2) is 4.98 Å². The second kappa shape index (κ2) is 6.86. The molecule has 0 radical (unpaired) electrons. The Morgan fingerprint density at radius 1 is 1.44 bits per heavy atom. The van der Waals surface area contributed by atoms with Gasteiger partial charge in [0.15, 0.2) is 0 Å². The SMILES string of the molecule is Cc1cc(CN2C[C@H]3[C@@H](CNC(=O)c4csc(C)n4)CO[C@H]3C2)no1. The van der Waals surface area contributed by atoms with Crippen LogP contribution in [-0.4, -0.2) is 53.3 Å². The quantitative estimate of drug-likeness (QED) is 0.871. The first-order chi connectivity index (χ1) is 12.1. The number of thiazole rings is 1. The summed E-state index contributed by atoms with van der Waals surface area (Å²) in [6, 6.07) is 1.97. The third kappa shape index (κ3) is 3.61. The van der Waals surface area contributed by atoms with Gasteiger partial charge in [-0.05, 0) is 13.8 Å². The zero-order valence-corrected chi connectivity index (χ0v) is 15.2. The summed E-state index contributed by atoms with van der Waals surface area (Å²) in [6.07, 6.45) is 0.247. The highest BCUT2D eigenvalue weighted by Gasteiger charge is 2.43. The predicted molar refractivity (Wildman–Crippen MR) is 92.4 cm³/mol. The molecule has 3 atom stereocenters. The molecule has 1 N–H and O–H groups in total. The van der Waals surface area contributed by atoms with Crippen molar-refractivity contribution >= 4 is 17.2 Å². The first-order valence-corrected chi connectivity index (χ1v) is 9.43. The number of carbonyl (C=O) groups is 1. The van der Waals surface area contributed by atoms with Crippen LogP contribution in [0.2, 0.25) is 0 Å². The van der Waals surface area contributed by atoms with Gasteiger partial charge in [-0.3, -0.25) is 9.69 Å². The highest BCUT2D eigenvalue weighted by Crippen LogP contribution is 2.34. The molecule has 2 aliphatic heterocycles. The molecule has 2 saturated heterocycles. The maximum atomic E-state index is 12.2. The van der Waals surface area contributed by atoms with Crippen LogP contribution in [0, 0.1) is 25.7 Å². The Labute approximate surface area is 150 Å². The molecule has 8 heteroatoms. The molecule has 0 unspecified atom stereocenters. The van der Waals surface area contributed by atoms with Crippen molar-refractivity contribution in [2.75, 3.05) is 26.2 Å². The van der Waals surface area contributed by atoms with Crippen LogP contribution in [0.1, 0.15) is 27.0 Å². The Hall–Kier alpha value is -1.77. The van der Waals surface area contributed by atoms with Gasteiger partial charge in [0.25, 0.3) is 5.91 Å².